The molecule has 1 radical (unpaired) electrons. The van der Waals surface area contributed by atoms with Crippen molar-refractivity contribution in [2.45, 2.75) is 20.3 Å². The molecule has 7 aromatic rings. The second kappa shape index (κ2) is 18.7. The third kappa shape index (κ3) is 7.92. The van der Waals surface area contributed by atoms with Crippen molar-refractivity contribution in [1.29, 1.82) is 0 Å². The van der Waals surface area contributed by atoms with E-state index < -0.39 is 23.4 Å². The zero-order valence-electron chi connectivity index (χ0n) is 37.3. The topological polar surface area (TPSA) is 227 Å². The van der Waals surface area contributed by atoms with Crippen LogP contribution in [0.25, 0.3) is 54.6 Å². The Hall–Kier alpha value is -7.88. The van der Waals surface area contributed by atoms with Crippen LogP contribution in [-0.4, -0.2) is 67.1 Å². The van der Waals surface area contributed by atoms with E-state index in [1.54, 1.807) is 61.6 Å². The van der Waals surface area contributed by atoms with Gasteiger partial charge in [-0.15, -0.1) is 0 Å². The molecule has 0 saturated heterocycles. The Bertz CT molecular complexity index is 3550. The standard InChI is InChI=1S/C15H11N3.C14H9N4.C12H12N4.C12H8N2O2.Y/c1-9-8-12-10-4-2-6-16-14(10)15-11(13(12)18-9)5-3-7-17-15;1-8-17-13-9-4-2-6-15-11(9)12-10(14(13)18-8)5-3-7-16-12;13-9-7-3-1-5-15-11(7)12-8(10(9)14)4-2-6-16-12;15-11-7-3-1-5-13-9(7)10-8(12(11)16)4-2-6-14-10;/h2-7H,8H2,1H3;2-7H,1H3;1-8H,13-14H2;1-8H;/q;-1;;;. The second-order valence-corrected chi connectivity index (χ2v) is 16.7. The Labute approximate surface area is 419 Å². The van der Waals surface area contributed by atoms with Gasteiger partial charge in [-0.3, -0.25) is 54.5 Å². The smallest absolute Gasteiger partial charge is 0.212 e. The molecule has 15 nitrogen and oxygen atoms in total. The molecule has 5 aliphatic heterocycles. The van der Waals surface area contributed by atoms with E-state index in [1.807, 2.05) is 80.0 Å². The number of ketones is 2. The van der Waals surface area contributed by atoms with Gasteiger partial charge in [0.1, 0.15) is 0 Å². The van der Waals surface area contributed by atoms with Crippen LogP contribution in [0, 0.1) is 30.6 Å². The summed E-state index contributed by atoms with van der Waals surface area (Å²) in [5, 5.41) is 4.31. The fraction of sp³-hybridized carbons (Fsp3) is 0.132. The third-order valence-corrected chi connectivity index (χ3v) is 12.5. The van der Waals surface area contributed by atoms with Gasteiger partial charge in [0.2, 0.25) is 11.6 Å². The van der Waals surface area contributed by atoms with Gasteiger partial charge in [-0.05, 0) is 85.1 Å². The predicted molar refractivity (Wildman–Crippen MR) is 268 cm³/mol. The molecule has 5 aromatic heterocycles. The maximum atomic E-state index is 11.8. The van der Waals surface area contributed by atoms with Crippen LogP contribution in [-0.2, 0) is 48.7 Å². The molecule has 7 aliphatic rings. The van der Waals surface area contributed by atoms with E-state index in [0.717, 1.165) is 84.3 Å². The molecule has 69 heavy (non-hydrogen) atoms. The molecular formula is C53H40N13O2Y-. The number of nitrogens with two attached hydrogens (primary N) is 2. The molecule has 4 unspecified atom stereocenters. The Morgan fingerprint density at radius 3 is 1.45 bits per heavy atom. The fourth-order valence-corrected chi connectivity index (χ4v) is 9.42. The first-order valence-electron chi connectivity index (χ1n) is 22.0. The van der Waals surface area contributed by atoms with Gasteiger partial charge >= 0.3 is 0 Å². The largest absolute Gasteiger partial charge is 0.439 e. The minimum Gasteiger partial charge on any atom is -0.439 e. The number of imidazole rings is 1. The number of nitrogens with zero attached hydrogens (tertiary/aromatic N) is 11. The van der Waals surface area contributed by atoms with E-state index in [2.05, 4.69) is 73.9 Å². The zero-order chi connectivity index (χ0) is 46.5. The van der Waals surface area contributed by atoms with Crippen LogP contribution < -0.4 is 16.5 Å². The number of aliphatic imine (C=N–C) groups is 5. The van der Waals surface area contributed by atoms with Gasteiger partial charge in [0, 0.05) is 127 Å². The average molecular weight is 980 g/mol. The fourth-order valence-electron chi connectivity index (χ4n) is 9.42. The number of rotatable bonds is 0. The number of pyridine rings is 4. The number of aromatic nitrogens is 6. The summed E-state index contributed by atoms with van der Waals surface area (Å²) in [5.41, 5.74) is 25.6. The second-order valence-electron chi connectivity index (χ2n) is 16.7. The van der Waals surface area contributed by atoms with E-state index in [0.29, 0.717) is 22.8 Å². The van der Waals surface area contributed by atoms with Crippen molar-refractivity contribution in [3.8, 4) is 0 Å². The quantitative estimate of drug-likeness (QED) is 0.111. The van der Waals surface area contributed by atoms with Gasteiger partial charge in [-0.25, -0.2) is 0 Å². The summed E-state index contributed by atoms with van der Waals surface area (Å²) in [6.07, 6.45) is 29.4. The number of fused-ring (bicyclic) bond motifs is 16. The normalized spacial score (nSPS) is 20.9. The van der Waals surface area contributed by atoms with Crippen molar-refractivity contribution in [3.63, 3.8) is 0 Å². The molecule has 0 saturated carbocycles. The molecule has 14 rings (SSSR count). The molecule has 2 aromatic carbocycles. The van der Waals surface area contributed by atoms with Crippen LogP contribution >= 0.6 is 0 Å². The van der Waals surface area contributed by atoms with Crippen LogP contribution in [0.4, 0.5) is 5.69 Å². The van der Waals surface area contributed by atoms with Crippen molar-refractivity contribution < 1.29 is 42.3 Å². The minimum atomic E-state index is -0.535. The summed E-state index contributed by atoms with van der Waals surface area (Å²) in [5.74, 6) is -1.09. The third-order valence-electron chi connectivity index (χ3n) is 12.5. The molecule has 0 spiro atoms. The Balaban J connectivity index is 0.000000107. The van der Waals surface area contributed by atoms with Crippen LogP contribution in [0.3, 0.4) is 0 Å². The van der Waals surface area contributed by atoms with Gasteiger partial charge in [-0.1, -0.05) is 48.3 Å². The summed E-state index contributed by atoms with van der Waals surface area (Å²) >= 11 is 0. The van der Waals surface area contributed by atoms with Crippen molar-refractivity contribution in [3.05, 3.63) is 167 Å². The molecule has 2 aliphatic carbocycles. The zero-order valence-corrected chi connectivity index (χ0v) is 40.2. The SMILES string of the molecule is CC1=Nc2c(c3cccnc3c3ncccc23)C1.Cc1nc2c3cccnc3c3ncccc3c2[n-]1.NC1=C(N)C2C=CC=NC2=C2N=CC=CC12.O=C1C(=O)C2C=CC=NC2=C2N=CC=CC12.[Y]. The summed E-state index contributed by atoms with van der Waals surface area (Å²) in [4.78, 5) is 72.3. The van der Waals surface area contributed by atoms with Crippen LogP contribution in [0.15, 0.2) is 181 Å². The number of aryl methyl sites for hydroxylation is 1. The first-order valence-corrected chi connectivity index (χ1v) is 22.0. The number of allylic oxidation sites excluding steroid dienone is 6. The van der Waals surface area contributed by atoms with Gasteiger partial charge in [0.15, 0.2) is 0 Å². The molecule has 0 amide bonds. The van der Waals surface area contributed by atoms with Gasteiger partial charge in [-0.2, -0.15) is 0 Å². The molecule has 16 heteroatoms. The monoisotopic (exact) mass is 979 g/mol. The average Bonchev–Trinajstić information content (AvgIpc) is 4.01. The van der Waals surface area contributed by atoms with E-state index in [9.17, 15) is 9.59 Å². The molecule has 0 fully saturated rings. The van der Waals surface area contributed by atoms with Crippen molar-refractivity contribution >= 4 is 102 Å². The van der Waals surface area contributed by atoms with Crippen molar-refractivity contribution in [2.75, 3.05) is 0 Å². The first-order chi connectivity index (χ1) is 33.3. The van der Waals surface area contributed by atoms with Crippen molar-refractivity contribution in [2.24, 2.45) is 60.1 Å². The molecule has 333 valence electrons. The van der Waals surface area contributed by atoms with Crippen molar-refractivity contribution in [1.82, 2.24) is 29.9 Å². The Kier molecular flexibility index (Phi) is 12.2. The molecule has 10 heterocycles. The summed E-state index contributed by atoms with van der Waals surface area (Å²) in [6.45, 7) is 3.98. The predicted octanol–water partition coefficient (Wildman–Crippen LogP) is 7.74. The summed E-state index contributed by atoms with van der Waals surface area (Å²) in [6, 6.07) is 16.0. The van der Waals surface area contributed by atoms with Gasteiger partial charge in [0.25, 0.3) is 0 Å². The number of hydrogen-bond donors (Lipinski definition) is 2. The van der Waals surface area contributed by atoms with Crippen LogP contribution in [0.2, 0.25) is 0 Å². The van der Waals surface area contributed by atoms with Gasteiger partial charge < -0.3 is 21.4 Å². The number of hydrogen-bond acceptors (Lipinski definition) is 14. The molecule has 4 N–H and O–H groups in total. The Morgan fingerprint density at radius 1 is 0.522 bits per heavy atom. The molecule has 0 bridgehead atoms. The maximum absolute atomic E-state index is 11.8. The maximum Gasteiger partial charge on any atom is 0.212 e. The minimum absolute atomic E-state index is 0. The molecular weight excluding hydrogens is 940 g/mol. The summed E-state index contributed by atoms with van der Waals surface area (Å²) < 4.78 is 0. The number of dihydropyridines is 4. The van der Waals surface area contributed by atoms with Gasteiger partial charge in [0.05, 0.1) is 74.2 Å². The van der Waals surface area contributed by atoms with E-state index in [1.165, 1.54) is 10.9 Å². The van der Waals surface area contributed by atoms with E-state index in [4.69, 9.17) is 11.5 Å². The van der Waals surface area contributed by atoms with Crippen LogP contribution in [0.1, 0.15) is 18.3 Å². The number of carbonyl (C=O) groups is 2. The summed E-state index contributed by atoms with van der Waals surface area (Å²) in [7, 11) is 0. The van der Waals surface area contributed by atoms with E-state index >= 15 is 0 Å². The Morgan fingerprint density at radius 2 is 0.928 bits per heavy atom. The molecule has 4 atom stereocenters. The van der Waals surface area contributed by atoms with E-state index in [-0.39, 0.29) is 44.5 Å². The van der Waals surface area contributed by atoms with Crippen LogP contribution in [0.5, 0.6) is 0 Å². The number of benzene rings is 2. The number of carbonyl (C=O) groups excluding carboxylic acids is 2. The first kappa shape index (κ1) is 44.9. The number of Topliss-reactive ketones (excluding diaryl/α,β-unsaturated/α-hetero) is 2.